The van der Waals surface area contributed by atoms with Gasteiger partial charge < -0.3 is 4.98 Å². The van der Waals surface area contributed by atoms with Crippen LogP contribution in [0.25, 0.3) is 0 Å². The van der Waals surface area contributed by atoms with Crippen molar-refractivity contribution in [1.82, 2.24) is 9.55 Å². The maximum Gasteiger partial charge on any atom is 0.328 e. The van der Waals surface area contributed by atoms with Crippen LogP contribution < -0.4 is 11.2 Å². The molecule has 0 saturated heterocycles. The summed E-state index contributed by atoms with van der Waals surface area (Å²) in [5.41, 5.74) is -1.13. The Morgan fingerprint density at radius 2 is 2.00 bits per heavy atom. The molecule has 1 aromatic heterocycles. The normalized spacial score (nSPS) is 11.6. The van der Waals surface area contributed by atoms with Crippen LogP contribution in [0.15, 0.2) is 20.3 Å². The summed E-state index contributed by atoms with van der Waals surface area (Å²) in [6, 6.07) is 0. The number of nitrogens with zero attached hydrogens (tertiary/aromatic N) is 1. The van der Waals surface area contributed by atoms with Crippen molar-refractivity contribution in [3.05, 3.63) is 31.5 Å². The lowest BCUT2D eigenvalue weighted by atomic mass is 10.6. The standard InChI is InChI=1S/C9H13BrN2O4S/c1-2-4-17(15,16)5-3-12-8(13)7(10)6-11-9(12)14/h6H,2-5H2,1H3,(H,11,14). The Hall–Kier alpha value is -0.890. The number of halogens is 1. The van der Waals surface area contributed by atoms with E-state index in [2.05, 4.69) is 20.9 Å². The average molecular weight is 325 g/mol. The molecular weight excluding hydrogens is 312 g/mol. The summed E-state index contributed by atoms with van der Waals surface area (Å²) in [7, 11) is -3.20. The molecule has 0 aliphatic heterocycles. The third-order valence-electron chi connectivity index (χ3n) is 2.16. The van der Waals surface area contributed by atoms with Gasteiger partial charge in [0.25, 0.3) is 5.56 Å². The molecule has 1 aromatic rings. The Labute approximate surface area is 107 Å². The van der Waals surface area contributed by atoms with E-state index in [-0.39, 0.29) is 22.5 Å². The van der Waals surface area contributed by atoms with Crippen molar-refractivity contribution in [1.29, 1.82) is 0 Å². The van der Waals surface area contributed by atoms with E-state index in [1.165, 1.54) is 6.20 Å². The Balaban J connectivity index is 2.95. The van der Waals surface area contributed by atoms with E-state index in [0.29, 0.717) is 6.42 Å². The highest BCUT2D eigenvalue weighted by Gasteiger charge is 2.12. The number of rotatable bonds is 5. The Morgan fingerprint density at radius 3 is 2.59 bits per heavy atom. The Morgan fingerprint density at radius 1 is 1.35 bits per heavy atom. The number of nitrogens with one attached hydrogen (secondary N) is 1. The largest absolute Gasteiger partial charge is 0.328 e. The molecule has 0 unspecified atom stereocenters. The van der Waals surface area contributed by atoms with Crippen molar-refractivity contribution in [2.45, 2.75) is 19.9 Å². The summed E-state index contributed by atoms with van der Waals surface area (Å²) in [5, 5.41) is 0. The van der Waals surface area contributed by atoms with Gasteiger partial charge in [-0.2, -0.15) is 0 Å². The number of sulfone groups is 1. The van der Waals surface area contributed by atoms with Crippen LogP contribution in [0.3, 0.4) is 0 Å². The smallest absolute Gasteiger partial charge is 0.313 e. The zero-order valence-corrected chi connectivity index (χ0v) is 11.7. The van der Waals surface area contributed by atoms with Gasteiger partial charge in [-0.3, -0.25) is 9.36 Å². The number of aromatic nitrogens is 2. The van der Waals surface area contributed by atoms with E-state index in [9.17, 15) is 18.0 Å². The molecule has 96 valence electrons. The monoisotopic (exact) mass is 324 g/mol. The highest BCUT2D eigenvalue weighted by molar-refractivity contribution is 9.10. The molecule has 1 heterocycles. The van der Waals surface area contributed by atoms with Crippen LogP contribution in [0.5, 0.6) is 0 Å². The second-order valence-corrected chi connectivity index (χ2v) is 6.71. The van der Waals surface area contributed by atoms with Gasteiger partial charge in [0, 0.05) is 18.5 Å². The molecule has 0 aromatic carbocycles. The van der Waals surface area contributed by atoms with Crippen molar-refractivity contribution in [3.63, 3.8) is 0 Å². The molecule has 1 rings (SSSR count). The molecule has 8 heteroatoms. The maximum atomic E-state index is 11.6. The van der Waals surface area contributed by atoms with E-state index in [1.807, 2.05) is 0 Å². The van der Waals surface area contributed by atoms with Crippen LogP contribution in [-0.4, -0.2) is 29.5 Å². The predicted octanol–water partition coefficient (Wildman–Crippen LogP) is 0.124. The molecule has 0 amide bonds. The molecule has 0 saturated carbocycles. The molecular formula is C9H13BrN2O4S. The summed E-state index contributed by atoms with van der Waals surface area (Å²) < 4.78 is 24.0. The van der Waals surface area contributed by atoms with Gasteiger partial charge >= 0.3 is 5.69 Å². The van der Waals surface area contributed by atoms with E-state index >= 15 is 0 Å². The fourth-order valence-corrected chi connectivity index (χ4v) is 2.95. The van der Waals surface area contributed by atoms with Crippen molar-refractivity contribution in [2.24, 2.45) is 0 Å². The van der Waals surface area contributed by atoms with Crippen molar-refractivity contribution in [3.8, 4) is 0 Å². The SMILES string of the molecule is CCCS(=O)(=O)CCn1c(=O)[nH]cc(Br)c1=O. The van der Waals surface area contributed by atoms with Gasteiger partial charge in [0.1, 0.15) is 0 Å². The predicted molar refractivity (Wildman–Crippen MR) is 68.0 cm³/mol. The lowest BCUT2D eigenvalue weighted by molar-refractivity contribution is 0.581. The van der Waals surface area contributed by atoms with Crippen LogP contribution in [0.2, 0.25) is 0 Å². The zero-order valence-electron chi connectivity index (χ0n) is 9.27. The second kappa shape index (κ2) is 5.63. The van der Waals surface area contributed by atoms with Gasteiger partial charge in [-0.05, 0) is 22.4 Å². The zero-order chi connectivity index (χ0) is 13.1. The molecule has 0 aliphatic carbocycles. The first-order valence-corrected chi connectivity index (χ1v) is 7.67. The molecule has 6 nitrogen and oxygen atoms in total. The summed E-state index contributed by atoms with van der Waals surface area (Å²) in [4.78, 5) is 25.3. The van der Waals surface area contributed by atoms with Crippen LogP contribution in [0.1, 0.15) is 13.3 Å². The lowest BCUT2D eigenvalue weighted by Crippen LogP contribution is -2.37. The summed E-state index contributed by atoms with van der Waals surface area (Å²) in [6.07, 6.45) is 1.76. The fourth-order valence-electron chi connectivity index (χ4n) is 1.33. The molecule has 0 radical (unpaired) electrons. The maximum absolute atomic E-state index is 11.6. The average Bonchev–Trinajstić information content (AvgIpc) is 2.23. The number of hydrogen-bond donors (Lipinski definition) is 1. The van der Waals surface area contributed by atoms with Crippen LogP contribution in [-0.2, 0) is 16.4 Å². The molecule has 1 N–H and O–H groups in total. The van der Waals surface area contributed by atoms with E-state index in [1.54, 1.807) is 6.92 Å². The van der Waals surface area contributed by atoms with Crippen LogP contribution in [0, 0.1) is 0 Å². The van der Waals surface area contributed by atoms with Gasteiger partial charge in [-0.15, -0.1) is 0 Å². The minimum Gasteiger partial charge on any atom is -0.313 e. The van der Waals surface area contributed by atoms with Gasteiger partial charge in [0.05, 0.1) is 10.2 Å². The van der Waals surface area contributed by atoms with Crippen molar-refractivity contribution >= 4 is 25.8 Å². The summed E-state index contributed by atoms with van der Waals surface area (Å²) >= 11 is 2.98. The van der Waals surface area contributed by atoms with Crippen LogP contribution >= 0.6 is 15.9 Å². The van der Waals surface area contributed by atoms with E-state index in [0.717, 1.165) is 4.57 Å². The van der Waals surface area contributed by atoms with Gasteiger partial charge in [-0.25, -0.2) is 13.2 Å². The van der Waals surface area contributed by atoms with Gasteiger partial charge in [0.2, 0.25) is 0 Å². The van der Waals surface area contributed by atoms with Gasteiger partial charge in [0.15, 0.2) is 9.84 Å². The molecule has 0 fully saturated rings. The summed E-state index contributed by atoms with van der Waals surface area (Å²) in [6.45, 7) is 1.63. The summed E-state index contributed by atoms with van der Waals surface area (Å²) in [5.74, 6) is -0.145. The lowest BCUT2D eigenvalue weighted by Gasteiger charge is -2.05. The fraction of sp³-hybridized carbons (Fsp3) is 0.556. The third kappa shape index (κ3) is 3.81. The van der Waals surface area contributed by atoms with Crippen molar-refractivity contribution < 1.29 is 8.42 Å². The molecule has 0 aliphatic rings. The molecule has 0 bridgehead atoms. The molecule has 0 atom stereocenters. The Kier molecular flexibility index (Phi) is 4.70. The highest BCUT2D eigenvalue weighted by atomic mass is 79.9. The quantitative estimate of drug-likeness (QED) is 0.833. The minimum absolute atomic E-state index is 0.0632. The first kappa shape index (κ1) is 14.2. The van der Waals surface area contributed by atoms with Gasteiger partial charge in [-0.1, -0.05) is 6.92 Å². The Bertz CT molecular complexity index is 602. The second-order valence-electron chi connectivity index (χ2n) is 3.55. The van der Waals surface area contributed by atoms with Crippen molar-refractivity contribution in [2.75, 3.05) is 11.5 Å². The van der Waals surface area contributed by atoms with E-state index in [4.69, 9.17) is 0 Å². The third-order valence-corrected chi connectivity index (χ3v) is 4.56. The topological polar surface area (TPSA) is 89.0 Å². The highest BCUT2D eigenvalue weighted by Crippen LogP contribution is 1.98. The van der Waals surface area contributed by atoms with Crippen LogP contribution in [0.4, 0.5) is 0 Å². The first-order chi connectivity index (χ1) is 7.87. The minimum atomic E-state index is -3.20. The number of aromatic amines is 1. The van der Waals surface area contributed by atoms with E-state index < -0.39 is 21.1 Å². The number of H-pyrrole nitrogens is 1. The first-order valence-electron chi connectivity index (χ1n) is 5.06. The molecule has 0 spiro atoms. The number of hydrogen-bond acceptors (Lipinski definition) is 4. The molecule has 17 heavy (non-hydrogen) atoms.